The third-order valence-corrected chi connectivity index (χ3v) is 2.69. The minimum Gasteiger partial charge on any atom is -0.392 e. The van der Waals surface area contributed by atoms with Crippen molar-refractivity contribution in [3.8, 4) is 11.3 Å². The Hall–Kier alpha value is -1.61. The van der Waals surface area contributed by atoms with Crippen molar-refractivity contribution in [1.82, 2.24) is 9.97 Å². The number of aromatic nitrogens is 2. The Morgan fingerprint density at radius 3 is 2.75 bits per heavy atom. The number of nitrogens with zero attached hydrogens (tertiary/aromatic N) is 1. The van der Waals surface area contributed by atoms with Gasteiger partial charge in [0.15, 0.2) is 0 Å². The molecule has 0 spiro atoms. The maximum absolute atomic E-state index is 9.31. The van der Waals surface area contributed by atoms with Crippen LogP contribution in [0.1, 0.15) is 31.0 Å². The summed E-state index contributed by atoms with van der Waals surface area (Å²) in [6.07, 6.45) is 1.71. The number of hydrogen-bond acceptors (Lipinski definition) is 2. The Balaban J connectivity index is 2.54. The zero-order valence-corrected chi connectivity index (χ0v) is 9.57. The van der Waals surface area contributed by atoms with Crippen molar-refractivity contribution >= 4 is 0 Å². The Morgan fingerprint density at radius 2 is 2.06 bits per heavy atom. The van der Waals surface area contributed by atoms with Crippen LogP contribution in [0.15, 0.2) is 30.6 Å². The van der Waals surface area contributed by atoms with Crippen molar-refractivity contribution in [3.63, 3.8) is 0 Å². The van der Waals surface area contributed by atoms with E-state index in [1.165, 1.54) is 0 Å². The zero-order valence-electron chi connectivity index (χ0n) is 9.57. The van der Waals surface area contributed by atoms with Gasteiger partial charge in [-0.25, -0.2) is 4.98 Å². The fourth-order valence-electron chi connectivity index (χ4n) is 1.85. The van der Waals surface area contributed by atoms with Gasteiger partial charge in [0.1, 0.15) is 0 Å². The fourth-order valence-corrected chi connectivity index (χ4v) is 1.85. The monoisotopic (exact) mass is 216 g/mol. The molecule has 0 unspecified atom stereocenters. The predicted octanol–water partition coefficient (Wildman–Crippen LogP) is 2.69. The number of aliphatic hydroxyl groups is 1. The summed E-state index contributed by atoms with van der Waals surface area (Å²) in [6.45, 7) is 4.29. The number of aliphatic hydroxyl groups excluding tert-OH is 1. The van der Waals surface area contributed by atoms with Crippen molar-refractivity contribution < 1.29 is 5.11 Å². The first-order chi connectivity index (χ1) is 7.74. The molecule has 0 bridgehead atoms. The van der Waals surface area contributed by atoms with Crippen molar-refractivity contribution in [2.45, 2.75) is 26.4 Å². The molecule has 1 heterocycles. The van der Waals surface area contributed by atoms with Gasteiger partial charge in [-0.05, 0) is 11.5 Å². The van der Waals surface area contributed by atoms with Crippen LogP contribution in [0.5, 0.6) is 0 Å². The molecule has 16 heavy (non-hydrogen) atoms. The first-order valence-electron chi connectivity index (χ1n) is 5.46. The molecule has 2 rings (SSSR count). The molecule has 1 aromatic heterocycles. The van der Waals surface area contributed by atoms with E-state index in [0.717, 1.165) is 22.5 Å². The van der Waals surface area contributed by atoms with E-state index in [0.29, 0.717) is 5.92 Å². The lowest BCUT2D eigenvalue weighted by Crippen LogP contribution is -1.95. The second-order valence-corrected chi connectivity index (χ2v) is 4.13. The molecule has 0 amide bonds. The Kier molecular flexibility index (Phi) is 3.06. The molecular formula is C13H16N2O. The van der Waals surface area contributed by atoms with Crippen LogP contribution in [0.2, 0.25) is 0 Å². The summed E-state index contributed by atoms with van der Waals surface area (Å²) in [5, 5.41) is 9.31. The van der Waals surface area contributed by atoms with Crippen LogP contribution < -0.4 is 0 Å². The molecule has 0 aliphatic rings. The topological polar surface area (TPSA) is 48.9 Å². The van der Waals surface area contributed by atoms with E-state index in [1.807, 2.05) is 24.3 Å². The molecule has 2 aromatic rings. The number of rotatable bonds is 3. The molecule has 0 aliphatic heterocycles. The van der Waals surface area contributed by atoms with Crippen molar-refractivity contribution in [2.75, 3.05) is 0 Å². The summed E-state index contributed by atoms with van der Waals surface area (Å²) < 4.78 is 0. The predicted molar refractivity (Wildman–Crippen MR) is 64.0 cm³/mol. The molecule has 0 atom stereocenters. The minimum atomic E-state index is 0.0422. The van der Waals surface area contributed by atoms with E-state index < -0.39 is 0 Å². The summed E-state index contributed by atoms with van der Waals surface area (Å²) >= 11 is 0. The first kappa shape index (κ1) is 10.9. The van der Waals surface area contributed by atoms with Crippen molar-refractivity contribution in [3.05, 3.63) is 41.9 Å². The molecular weight excluding hydrogens is 200 g/mol. The maximum atomic E-state index is 9.31. The van der Waals surface area contributed by atoms with Crippen LogP contribution in [0, 0.1) is 0 Å². The fraction of sp³-hybridized carbons (Fsp3) is 0.308. The van der Waals surface area contributed by atoms with E-state index in [4.69, 9.17) is 0 Å². The molecule has 2 N–H and O–H groups in total. The van der Waals surface area contributed by atoms with E-state index in [1.54, 1.807) is 6.33 Å². The number of nitrogens with one attached hydrogen (secondary N) is 1. The largest absolute Gasteiger partial charge is 0.392 e. The van der Waals surface area contributed by atoms with Crippen LogP contribution >= 0.6 is 0 Å². The molecule has 0 radical (unpaired) electrons. The lowest BCUT2D eigenvalue weighted by Gasteiger charge is -2.09. The van der Waals surface area contributed by atoms with Crippen LogP contribution in [0.4, 0.5) is 0 Å². The molecule has 0 fully saturated rings. The highest BCUT2D eigenvalue weighted by Gasteiger charge is 2.13. The van der Waals surface area contributed by atoms with Gasteiger partial charge in [-0.3, -0.25) is 0 Å². The Bertz CT molecular complexity index is 474. The quantitative estimate of drug-likeness (QED) is 0.828. The van der Waals surface area contributed by atoms with E-state index >= 15 is 0 Å². The third-order valence-electron chi connectivity index (χ3n) is 2.69. The second kappa shape index (κ2) is 4.49. The van der Waals surface area contributed by atoms with Crippen molar-refractivity contribution in [1.29, 1.82) is 0 Å². The van der Waals surface area contributed by atoms with Gasteiger partial charge < -0.3 is 10.1 Å². The second-order valence-electron chi connectivity index (χ2n) is 4.13. The Labute approximate surface area is 95.2 Å². The third kappa shape index (κ3) is 1.86. The van der Waals surface area contributed by atoms with E-state index in [2.05, 4.69) is 23.8 Å². The van der Waals surface area contributed by atoms with Gasteiger partial charge in [0.05, 0.1) is 18.6 Å². The van der Waals surface area contributed by atoms with Crippen molar-refractivity contribution in [2.24, 2.45) is 0 Å². The number of benzene rings is 1. The SMILES string of the molecule is CC(C)c1[nH]cnc1-c1ccccc1CO. The average Bonchev–Trinajstić information content (AvgIpc) is 2.77. The highest BCUT2D eigenvalue weighted by Crippen LogP contribution is 2.28. The highest BCUT2D eigenvalue weighted by molar-refractivity contribution is 5.66. The summed E-state index contributed by atoms with van der Waals surface area (Å²) in [7, 11) is 0. The Morgan fingerprint density at radius 1 is 1.31 bits per heavy atom. The minimum absolute atomic E-state index is 0.0422. The standard InChI is InChI=1S/C13H16N2O/c1-9(2)12-13(15-8-14-12)11-6-4-3-5-10(11)7-16/h3-6,8-9,16H,7H2,1-2H3,(H,14,15). The lowest BCUT2D eigenvalue weighted by molar-refractivity contribution is 0.282. The van der Waals surface area contributed by atoms with Gasteiger partial charge in [-0.15, -0.1) is 0 Å². The first-order valence-corrected chi connectivity index (χ1v) is 5.46. The number of aromatic amines is 1. The van der Waals surface area contributed by atoms with Crippen LogP contribution in [-0.2, 0) is 6.61 Å². The summed E-state index contributed by atoms with van der Waals surface area (Å²) in [5.74, 6) is 0.393. The van der Waals surface area contributed by atoms with Crippen LogP contribution in [0.3, 0.4) is 0 Å². The zero-order chi connectivity index (χ0) is 11.5. The van der Waals surface area contributed by atoms with Gasteiger partial charge in [-0.2, -0.15) is 0 Å². The van der Waals surface area contributed by atoms with Gasteiger partial charge >= 0.3 is 0 Å². The lowest BCUT2D eigenvalue weighted by atomic mass is 9.99. The number of imidazole rings is 1. The summed E-state index contributed by atoms with van der Waals surface area (Å²) in [5.41, 5.74) is 3.98. The summed E-state index contributed by atoms with van der Waals surface area (Å²) in [4.78, 5) is 7.51. The normalized spacial score (nSPS) is 11.0. The van der Waals surface area contributed by atoms with Gasteiger partial charge in [0, 0.05) is 11.3 Å². The molecule has 1 aromatic carbocycles. The van der Waals surface area contributed by atoms with E-state index in [-0.39, 0.29) is 6.61 Å². The molecule has 0 saturated heterocycles. The highest BCUT2D eigenvalue weighted by atomic mass is 16.3. The molecule has 0 aliphatic carbocycles. The maximum Gasteiger partial charge on any atom is 0.0929 e. The van der Waals surface area contributed by atoms with Crippen LogP contribution in [-0.4, -0.2) is 15.1 Å². The van der Waals surface area contributed by atoms with Gasteiger partial charge in [0.2, 0.25) is 0 Å². The van der Waals surface area contributed by atoms with Gasteiger partial charge in [0.25, 0.3) is 0 Å². The number of hydrogen-bond donors (Lipinski definition) is 2. The smallest absolute Gasteiger partial charge is 0.0929 e. The molecule has 0 saturated carbocycles. The molecule has 3 nitrogen and oxygen atoms in total. The van der Waals surface area contributed by atoms with E-state index in [9.17, 15) is 5.11 Å². The summed E-state index contributed by atoms with van der Waals surface area (Å²) in [6, 6.07) is 7.81. The molecule has 84 valence electrons. The number of H-pyrrole nitrogens is 1. The van der Waals surface area contributed by atoms with Crippen LogP contribution in [0.25, 0.3) is 11.3 Å². The average molecular weight is 216 g/mol. The molecule has 3 heteroatoms. The van der Waals surface area contributed by atoms with Gasteiger partial charge in [-0.1, -0.05) is 38.1 Å².